The number of pyridine rings is 1. The third-order valence-corrected chi connectivity index (χ3v) is 9.28. The van der Waals surface area contributed by atoms with Gasteiger partial charge in [0, 0.05) is 54.6 Å². The van der Waals surface area contributed by atoms with E-state index in [1.807, 2.05) is 30.3 Å². The van der Waals surface area contributed by atoms with Crippen LogP contribution < -0.4 is 4.74 Å². The molecule has 1 aromatic carbocycles. The number of fused-ring (bicyclic) bond motifs is 2. The molecule has 1 saturated carbocycles. The van der Waals surface area contributed by atoms with Gasteiger partial charge in [-0.15, -0.1) is 0 Å². The summed E-state index contributed by atoms with van der Waals surface area (Å²) >= 11 is 1.72. The Morgan fingerprint density at radius 2 is 1.97 bits per heavy atom. The summed E-state index contributed by atoms with van der Waals surface area (Å²) in [6.07, 6.45) is 10.9. The lowest BCUT2D eigenvalue weighted by molar-refractivity contribution is -0.0721. The van der Waals surface area contributed by atoms with Gasteiger partial charge in [0.05, 0.1) is 17.3 Å². The molecule has 190 valence electrons. The Kier molecular flexibility index (Phi) is 7.30. The Hall–Kier alpha value is -2.35. The zero-order chi connectivity index (χ0) is 24.3. The first-order valence-corrected chi connectivity index (χ1v) is 14.3. The molecule has 36 heavy (non-hydrogen) atoms. The van der Waals surface area contributed by atoms with Gasteiger partial charge in [-0.25, -0.2) is 4.98 Å². The highest BCUT2D eigenvalue weighted by Gasteiger charge is 2.27. The second kappa shape index (κ2) is 11.0. The molecule has 7 heteroatoms. The summed E-state index contributed by atoms with van der Waals surface area (Å²) in [5, 5.41) is 1.79. The molecule has 4 heterocycles. The molecule has 3 aromatic rings. The van der Waals surface area contributed by atoms with E-state index in [0.717, 1.165) is 66.7 Å². The Morgan fingerprint density at radius 3 is 2.81 bits per heavy atom. The van der Waals surface area contributed by atoms with Crippen molar-refractivity contribution in [1.29, 1.82) is 0 Å². The molecule has 0 spiro atoms. The third kappa shape index (κ3) is 5.48. The highest BCUT2D eigenvalue weighted by Crippen LogP contribution is 2.35. The van der Waals surface area contributed by atoms with E-state index in [1.54, 1.807) is 17.5 Å². The first-order valence-electron chi connectivity index (χ1n) is 13.5. The third-order valence-electron chi connectivity index (χ3n) is 8.21. The lowest BCUT2D eigenvalue weighted by Gasteiger charge is -2.31. The van der Waals surface area contributed by atoms with Crippen LogP contribution in [0.25, 0.3) is 10.9 Å². The molecular weight excluding hydrogens is 470 g/mol. The summed E-state index contributed by atoms with van der Waals surface area (Å²) in [5.74, 6) is 1.56. The maximum absolute atomic E-state index is 13.1. The van der Waals surface area contributed by atoms with Gasteiger partial charge < -0.3 is 9.47 Å². The van der Waals surface area contributed by atoms with E-state index in [0.29, 0.717) is 18.9 Å². The van der Waals surface area contributed by atoms with Gasteiger partial charge in [-0.2, -0.15) is 0 Å². The monoisotopic (exact) mass is 505 g/mol. The first kappa shape index (κ1) is 24.0. The van der Waals surface area contributed by atoms with E-state index >= 15 is 0 Å². The fourth-order valence-corrected chi connectivity index (χ4v) is 6.78. The van der Waals surface area contributed by atoms with Crippen molar-refractivity contribution in [2.75, 3.05) is 26.3 Å². The van der Waals surface area contributed by atoms with E-state index in [2.05, 4.69) is 9.88 Å². The summed E-state index contributed by atoms with van der Waals surface area (Å²) in [5.41, 5.74) is 2.95. The number of ether oxygens (including phenoxy) is 2. The Labute approximate surface area is 217 Å². The second-order valence-electron chi connectivity index (χ2n) is 10.6. The van der Waals surface area contributed by atoms with Gasteiger partial charge >= 0.3 is 0 Å². The van der Waals surface area contributed by atoms with Crippen molar-refractivity contribution in [3.8, 4) is 5.19 Å². The number of carbonyl (C=O) groups is 1. The lowest BCUT2D eigenvalue weighted by atomic mass is 9.78. The number of hydrogen-bond acceptors (Lipinski definition) is 7. The Balaban J connectivity index is 0.942. The fourth-order valence-electron chi connectivity index (χ4n) is 5.87. The Bertz CT molecular complexity index is 1190. The van der Waals surface area contributed by atoms with Crippen LogP contribution in [-0.2, 0) is 17.7 Å². The van der Waals surface area contributed by atoms with E-state index in [1.165, 1.54) is 42.7 Å². The predicted octanol–water partition coefficient (Wildman–Crippen LogP) is 5.69. The van der Waals surface area contributed by atoms with Crippen LogP contribution in [0.1, 0.15) is 65.9 Å². The highest BCUT2D eigenvalue weighted by molar-refractivity contribution is 7.13. The molecular formula is C29H35N3O3S. The minimum Gasteiger partial charge on any atom is -0.467 e. The topological polar surface area (TPSA) is 64.6 Å². The number of nitrogens with zero attached hydrogens (tertiary/aromatic N) is 3. The van der Waals surface area contributed by atoms with Crippen LogP contribution in [0.2, 0.25) is 0 Å². The molecule has 2 fully saturated rings. The molecule has 6 nitrogen and oxygen atoms in total. The maximum Gasteiger partial charge on any atom is 0.273 e. The van der Waals surface area contributed by atoms with Crippen LogP contribution in [0.4, 0.5) is 0 Å². The van der Waals surface area contributed by atoms with Crippen molar-refractivity contribution in [1.82, 2.24) is 14.9 Å². The fraction of sp³-hybridized carbons (Fsp3) is 0.552. The molecule has 2 aliphatic heterocycles. The Morgan fingerprint density at radius 1 is 1.11 bits per heavy atom. The van der Waals surface area contributed by atoms with Crippen molar-refractivity contribution >= 4 is 28.0 Å². The van der Waals surface area contributed by atoms with Gasteiger partial charge in [-0.1, -0.05) is 42.4 Å². The zero-order valence-corrected chi connectivity index (χ0v) is 21.7. The van der Waals surface area contributed by atoms with Crippen molar-refractivity contribution in [3.63, 3.8) is 0 Å². The minimum absolute atomic E-state index is 0.256. The van der Waals surface area contributed by atoms with Crippen molar-refractivity contribution in [3.05, 3.63) is 52.7 Å². The van der Waals surface area contributed by atoms with Gasteiger partial charge in [-0.05, 0) is 56.2 Å². The van der Waals surface area contributed by atoms with Gasteiger partial charge in [0.25, 0.3) is 5.19 Å². The van der Waals surface area contributed by atoms with E-state index in [9.17, 15) is 4.79 Å². The van der Waals surface area contributed by atoms with Crippen LogP contribution in [0.5, 0.6) is 5.19 Å². The second-order valence-corrected chi connectivity index (χ2v) is 11.7. The predicted molar refractivity (Wildman–Crippen MR) is 142 cm³/mol. The average Bonchev–Trinajstić information content (AvgIpc) is 3.29. The first-order chi connectivity index (χ1) is 17.7. The zero-order valence-electron chi connectivity index (χ0n) is 20.9. The molecule has 0 amide bonds. The average molecular weight is 506 g/mol. The number of benzene rings is 1. The van der Waals surface area contributed by atoms with Gasteiger partial charge in [0.15, 0.2) is 5.78 Å². The molecule has 2 aromatic heterocycles. The number of Topliss-reactive ketones (excluding diaryl/α,β-unsaturated/α-hetero) is 1. The molecule has 1 unspecified atom stereocenters. The molecule has 3 aliphatic rings. The smallest absolute Gasteiger partial charge is 0.273 e. The minimum atomic E-state index is 0.256. The number of thiazole rings is 1. The standard InChI is InChI=1S/C29H35N3O3S/c33-27(24-3-1-5-25-23(24)4-2-13-30-25)17-21-8-6-20(7-9-21)10-14-32-15-11-28-26(18-32)31-29(36-28)35-19-22-12-16-34-22/h1-5,13,20-22H,6-12,14-19H2. The SMILES string of the molecule is O=C(CC1CCC(CCN2CCc3sc(OCC4CCO4)nc3C2)CC1)c1cccc2ncccc12. The van der Waals surface area contributed by atoms with Crippen molar-refractivity contribution < 1.29 is 14.3 Å². The van der Waals surface area contributed by atoms with Crippen molar-refractivity contribution in [2.24, 2.45) is 11.8 Å². The van der Waals surface area contributed by atoms with Crippen LogP contribution in [0, 0.1) is 11.8 Å². The van der Waals surface area contributed by atoms with Gasteiger partial charge in [-0.3, -0.25) is 14.7 Å². The number of ketones is 1. The van der Waals surface area contributed by atoms with Crippen LogP contribution in [-0.4, -0.2) is 53.1 Å². The van der Waals surface area contributed by atoms with Gasteiger partial charge in [0.2, 0.25) is 0 Å². The number of rotatable bonds is 9. The van der Waals surface area contributed by atoms with Crippen molar-refractivity contribution in [2.45, 2.75) is 64.0 Å². The van der Waals surface area contributed by atoms with E-state index < -0.39 is 0 Å². The summed E-state index contributed by atoms with van der Waals surface area (Å²) in [4.78, 5) is 26.2. The molecule has 0 radical (unpaired) electrons. The van der Waals surface area contributed by atoms with Gasteiger partial charge in [0.1, 0.15) is 6.61 Å². The molecule has 1 saturated heterocycles. The lowest BCUT2D eigenvalue weighted by Crippen LogP contribution is -2.32. The summed E-state index contributed by atoms with van der Waals surface area (Å²) in [6.45, 7) is 4.69. The highest BCUT2D eigenvalue weighted by atomic mass is 32.1. The van der Waals surface area contributed by atoms with Crippen LogP contribution in [0.15, 0.2) is 36.5 Å². The van der Waals surface area contributed by atoms with Crippen LogP contribution in [0.3, 0.4) is 0 Å². The van der Waals surface area contributed by atoms with E-state index in [-0.39, 0.29) is 11.9 Å². The molecule has 6 rings (SSSR count). The summed E-state index contributed by atoms with van der Waals surface area (Å²) in [6, 6.07) is 9.82. The summed E-state index contributed by atoms with van der Waals surface area (Å²) < 4.78 is 11.3. The molecule has 0 N–H and O–H groups in total. The maximum atomic E-state index is 13.1. The number of carbonyl (C=O) groups excluding carboxylic acids is 1. The largest absolute Gasteiger partial charge is 0.467 e. The normalized spacial score (nSPS) is 24.3. The van der Waals surface area contributed by atoms with Crippen LogP contribution >= 0.6 is 11.3 Å². The molecule has 1 atom stereocenters. The molecule has 0 bridgehead atoms. The quantitative estimate of drug-likeness (QED) is 0.348. The van der Waals surface area contributed by atoms with E-state index in [4.69, 9.17) is 14.5 Å². The molecule has 1 aliphatic carbocycles. The number of hydrogen-bond donors (Lipinski definition) is 0. The number of aromatic nitrogens is 2. The summed E-state index contributed by atoms with van der Waals surface area (Å²) in [7, 11) is 0.